The summed E-state index contributed by atoms with van der Waals surface area (Å²) in [6.45, 7) is 7.66. The van der Waals surface area contributed by atoms with Gasteiger partial charge in [0.1, 0.15) is 0 Å². The van der Waals surface area contributed by atoms with E-state index in [9.17, 15) is 9.90 Å². The second-order valence-electron chi connectivity index (χ2n) is 4.64. The summed E-state index contributed by atoms with van der Waals surface area (Å²) in [4.78, 5) is 11.8. The number of aliphatic hydroxyl groups is 1. The monoisotopic (exact) mass is 241 g/mol. The van der Waals surface area contributed by atoms with Gasteiger partial charge in [0.2, 0.25) is 0 Å². The molecule has 5 nitrogen and oxygen atoms in total. The molecule has 0 saturated heterocycles. The number of imidazole rings is 1. The molecular formula is C12H23N3O2. The van der Waals surface area contributed by atoms with Crippen LogP contribution in [0.5, 0.6) is 0 Å². The molecule has 0 aliphatic carbocycles. The number of aromatic nitrogens is 2. The molecule has 0 aliphatic heterocycles. The van der Waals surface area contributed by atoms with Crippen LogP contribution in [0, 0.1) is 0 Å². The van der Waals surface area contributed by atoms with E-state index in [1.54, 1.807) is 21.5 Å². The fraction of sp³-hybridized carbons (Fsp3) is 0.750. The molecule has 0 radical (unpaired) electrons. The molecule has 0 aliphatic rings. The highest BCUT2D eigenvalue weighted by Gasteiger charge is 2.09. The Labute approximate surface area is 102 Å². The van der Waals surface area contributed by atoms with Crippen molar-refractivity contribution >= 4 is 0 Å². The van der Waals surface area contributed by atoms with Crippen LogP contribution in [0.3, 0.4) is 0 Å². The molecule has 5 heteroatoms. The zero-order valence-electron chi connectivity index (χ0n) is 10.9. The first-order valence-electron chi connectivity index (χ1n) is 6.21. The molecular weight excluding hydrogens is 218 g/mol. The zero-order chi connectivity index (χ0) is 12.8. The third kappa shape index (κ3) is 4.36. The standard InChI is InChI=1S/C12H23N3O2/c1-4-5-14-6-7-15(12(14)17)9-11(16)8-13-10(2)3/h6-7,10-11,13,16H,4-5,8-9H2,1-3H3. The van der Waals surface area contributed by atoms with Gasteiger partial charge in [-0.15, -0.1) is 0 Å². The second-order valence-corrected chi connectivity index (χ2v) is 4.64. The van der Waals surface area contributed by atoms with Gasteiger partial charge in [0.15, 0.2) is 0 Å². The molecule has 1 rings (SSSR count). The van der Waals surface area contributed by atoms with Crippen LogP contribution in [-0.4, -0.2) is 32.9 Å². The van der Waals surface area contributed by atoms with Crippen LogP contribution < -0.4 is 11.0 Å². The van der Waals surface area contributed by atoms with Gasteiger partial charge in [0.25, 0.3) is 0 Å². The summed E-state index contributed by atoms with van der Waals surface area (Å²) in [5.41, 5.74) is -0.0459. The maximum absolute atomic E-state index is 11.8. The quantitative estimate of drug-likeness (QED) is 0.727. The van der Waals surface area contributed by atoms with Gasteiger partial charge in [-0.3, -0.25) is 9.13 Å². The summed E-state index contributed by atoms with van der Waals surface area (Å²) in [7, 11) is 0. The Morgan fingerprint density at radius 1 is 1.35 bits per heavy atom. The number of aliphatic hydroxyl groups excluding tert-OH is 1. The second kappa shape index (κ2) is 6.61. The Morgan fingerprint density at radius 3 is 2.59 bits per heavy atom. The summed E-state index contributed by atoms with van der Waals surface area (Å²) in [6, 6.07) is 0.339. The van der Waals surface area contributed by atoms with Gasteiger partial charge in [-0.25, -0.2) is 4.79 Å². The van der Waals surface area contributed by atoms with Crippen LogP contribution in [0.2, 0.25) is 0 Å². The van der Waals surface area contributed by atoms with E-state index in [1.807, 2.05) is 20.8 Å². The lowest BCUT2D eigenvalue weighted by atomic mass is 10.3. The van der Waals surface area contributed by atoms with Crippen LogP contribution >= 0.6 is 0 Å². The maximum atomic E-state index is 11.8. The maximum Gasteiger partial charge on any atom is 0.328 e. The van der Waals surface area contributed by atoms with E-state index in [0.29, 0.717) is 19.1 Å². The zero-order valence-corrected chi connectivity index (χ0v) is 10.9. The fourth-order valence-electron chi connectivity index (χ4n) is 1.67. The van der Waals surface area contributed by atoms with Gasteiger partial charge in [0.05, 0.1) is 12.6 Å². The molecule has 2 N–H and O–H groups in total. The Hall–Kier alpha value is -1.07. The molecule has 1 heterocycles. The minimum absolute atomic E-state index is 0.0459. The number of hydrogen-bond donors (Lipinski definition) is 2. The molecule has 0 amide bonds. The van der Waals surface area contributed by atoms with E-state index in [4.69, 9.17) is 0 Å². The largest absolute Gasteiger partial charge is 0.390 e. The van der Waals surface area contributed by atoms with Gasteiger partial charge < -0.3 is 10.4 Å². The van der Waals surface area contributed by atoms with E-state index < -0.39 is 6.10 Å². The molecule has 0 bridgehead atoms. The average Bonchev–Trinajstić information content (AvgIpc) is 2.59. The first-order valence-corrected chi connectivity index (χ1v) is 6.21. The van der Waals surface area contributed by atoms with Crippen molar-refractivity contribution in [3.8, 4) is 0 Å². The Balaban J connectivity index is 2.53. The summed E-state index contributed by atoms with van der Waals surface area (Å²) in [6.07, 6.45) is 3.90. The van der Waals surface area contributed by atoms with Gasteiger partial charge in [-0.1, -0.05) is 20.8 Å². The van der Waals surface area contributed by atoms with Crippen LogP contribution in [0.4, 0.5) is 0 Å². The topological polar surface area (TPSA) is 59.2 Å². The number of rotatable bonds is 7. The molecule has 1 unspecified atom stereocenters. The summed E-state index contributed by atoms with van der Waals surface area (Å²) >= 11 is 0. The van der Waals surface area contributed by atoms with E-state index in [-0.39, 0.29) is 5.69 Å². The van der Waals surface area contributed by atoms with Gasteiger partial charge >= 0.3 is 5.69 Å². The number of aryl methyl sites for hydroxylation is 1. The van der Waals surface area contributed by atoms with Crippen molar-refractivity contribution in [2.45, 2.75) is 52.4 Å². The fourth-order valence-corrected chi connectivity index (χ4v) is 1.67. The van der Waals surface area contributed by atoms with Crippen LogP contribution in [-0.2, 0) is 13.1 Å². The molecule has 0 aromatic carbocycles. The molecule has 0 fully saturated rings. The Bertz CT molecular complexity index is 381. The van der Waals surface area contributed by atoms with Gasteiger partial charge in [-0.2, -0.15) is 0 Å². The minimum Gasteiger partial charge on any atom is -0.390 e. The molecule has 17 heavy (non-hydrogen) atoms. The number of hydrogen-bond acceptors (Lipinski definition) is 3. The Kier molecular flexibility index (Phi) is 5.44. The van der Waals surface area contributed by atoms with Crippen molar-refractivity contribution in [1.29, 1.82) is 0 Å². The predicted octanol–water partition coefficient (Wildman–Crippen LogP) is 0.419. The first-order chi connectivity index (χ1) is 8.04. The van der Waals surface area contributed by atoms with Gasteiger partial charge in [0, 0.05) is 31.5 Å². The third-order valence-corrected chi connectivity index (χ3v) is 2.55. The first kappa shape index (κ1) is 14.0. The normalized spacial score (nSPS) is 13.2. The van der Waals surface area contributed by atoms with Crippen molar-refractivity contribution < 1.29 is 5.11 Å². The highest BCUT2D eigenvalue weighted by atomic mass is 16.3. The average molecular weight is 241 g/mol. The van der Waals surface area contributed by atoms with Crippen LogP contribution in [0.25, 0.3) is 0 Å². The van der Waals surface area contributed by atoms with Crippen LogP contribution in [0.1, 0.15) is 27.2 Å². The van der Waals surface area contributed by atoms with E-state index in [1.165, 1.54) is 0 Å². The molecule has 98 valence electrons. The van der Waals surface area contributed by atoms with E-state index in [2.05, 4.69) is 5.32 Å². The van der Waals surface area contributed by atoms with Gasteiger partial charge in [-0.05, 0) is 6.42 Å². The van der Waals surface area contributed by atoms with Crippen molar-refractivity contribution in [1.82, 2.24) is 14.5 Å². The highest BCUT2D eigenvalue weighted by molar-refractivity contribution is 4.82. The lowest BCUT2D eigenvalue weighted by molar-refractivity contribution is 0.147. The molecule has 1 aromatic rings. The third-order valence-electron chi connectivity index (χ3n) is 2.55. The predicted molar refractivity (Wildman–Crippen MR) is 68.1 cm³/mol. The summed E-state index contributed by atoms with van der Waals surface area (Å²) < 4.78 is 3.23. The number of nitrogens with zero attached hydrogens (tertiary/aromatic N) is 2. The van der Waals surface area contributed by atoms with Crippen LogP contribution in [0.15, 0.2) is 17.2 Å². The summed E-state index contributed by atoms with van der Waals surface area (Å²) in [5.74, 6) is 0. The molecule has 1 atom stereocenters. The van der Waals surface area contributed by atoms with Crippen molar-refractivity contribution in [2.24, 2.45) is 0 Å². The van der Waals surface area contributed by atoms with E-state index in [0.717, 1.165) is 13.0 Å². The molecule has 1 aromatic heterocycles. The minimum atomic E-state index is -0.535. The molecule has 0 saturated carbocycles. The van der Waals surface area contributed by atoms with Crippen molar-refractivity contribution in [3.05, 3.63) is 22.9 Å². The summed E-state index contributed by atoms with van der Waals surface area (Å²) in [5, 5.41) is 12.9. The molecule has 0 spiro atoms. The number of nitrogens with one attached hydrogen (secondary N) is 1. The SMILES string of the molecule is CCCn1ccn(CC(O)CNC(C)C)c1=O. The Morgan fingerprint density at radius 2 is 2.00 bits per heavy atom. The lowest BCUT2D eigenvalue weighted by Gasteiger charge is -2.14. The van der Waals surface area contributed by atoms with E-state index >= 15 is 0 Å². The van der Waals surface area contributed by atoms with Crippen molar-refractivity contribution in [2.75, 3.05) is 6.54 Å². The highest BCUT2D eigenvalue weighted by Crippen LogP contribution is 1.92. The van der Waals surface area contributed by atoms with Crippen molar-refractivity contribution in [3.63, 3.8) is 0 Å². The lowest BCUT2D eigenvalue weighted by Crippen LogP contribution is -2.36. The smallest absolute Gasteiger partial charge is 0.328 e.